The summed E-state index contributed by atoms with van der Waals surface area (Å²) in [5, 5.41) is 18.8. The van der Waals surface area contributed by atoms with Gasteiger partial charge in [0.05, 0.1) is 11.1 Å². The van der Waals surface area contributed by atoms with Crippen molar-refractivity contribution in [3.63, 3.8) is 0 Å². The molecule has 0 saturated heterocycles. The van der Waals surface area contributed by atoms with Crippen molar-refractivity contribution in [2.24, 2.45) is 0 Å². The first-order valence-corrected chi connectivity index (χ1v) is 7.74. The second kappa shape index (κ2) is 8.92. The van der Waals surface area contributed by atoms with E-state index in [9.17, 15) is 5.11 Å². The SMILES string of the molecule is CCN(CCO)CC(O)COc1ccc(Br)cc1Br. The molecule has 1 unspecified atom stereocenters. The van der Waals surface area contributed by atoms with Gasteiger partial charge in [0.25, 0.3) is 0 Å². The summed E-state index contributed by atoms with van der Waals surface area (Å²) in [5.41, 5.74) is 0. The van der Waals surface area contributed by atoms with Gasteiger partial charge in [0.2, 0.25) is 0 Å². The first-order valence-electron chi connectivity index (χ1n) is 6.16. The van der Waals surface area contributed by atoms with Crippen molar-refractivity contribution >= 4 is 31.9 Å². The molecule has 0 fully saturated rings. The molecule has 1 rings (SSSR count). The zero-order chi connectivity index (χ0) is 14.3. The van der Waals surface area contributed by atoms with Crippen molar-refractivity contribution in [1.29, 1.82) is 0 Å². The van der Waals surface area contributed by atoms with Crippen LogP contribution in [0.5, 0.6) is 5.75 Å². The molecule has 0 aliphatic rings. The smallest absolute Gasteiger partial charge is 0.133 e. The molecule has 6 heteroatoms. The largest absolute Gasteiger partial charge is 0.490 e. The van der Waals surface area contributed by atoms with E-state index < -0.39 is 6.10 Å². The number of rotatable bonds is 8. The maximum Gasteiger partial charge on any atom is 0.133 e. The quantitative estimate of drug-likeness (QED) is 0.707. The summed E-state index contributed by atoms with van der Waals surface area (Å²) in [6.07, 6.45) is -0.581. The number of benzene rings is 1. The van der Waals surface area contributed by atoms with Crippen molar-refractivity contribution < 1.29 is 14.9 Å². The van der Waals surface area contributed by atoms with Crippen LogP contribution in [0.2, 0.25) is 0 Å². The lowest BCUT2D eigenvalue weighted by Crippen LogP contribution is -2.37. The van der Waals surface area contributed by atoms with Crippen molar-refractivity contribution in [2.75, 3.05) is 32.8 Å². The Morgan fingerprint density at radius 3 is 2.68 bits per heavy atom. The topological polar surface area (TPSA) is 52.9 Å². The van der Waals surface area contributed by atoms with Gasteiger partial charge in [0.1, 0.15) is 18.5 Å². The molecular weight excluding hydrogens is 378 g/mol. The van der Waals surface area contributed by atoms with E-state index in [2.05, 4.69) is 31.9 Å². The highest BCUT2D eigenvalue weighted by Gasteiger charge is 2.11. The third-order valence-electron chi connectivity index (χ3n) is 2.66. The minimum Gasteiger partial charge on any atom is -0.490 e. The normalized spacial score (nSPS) is 12.7. The summed E-state index contributed by atoms with van der Waals surface area (Å²) in [6.45, 7) is 4.16. The molecule has 0 heterocycles. The molecule has 0 aliphatic heterocycles. The van der Waals surface area contributed by atoms with E-state index in [-0.39, 0.29) is 13.2 Å². The fourth-order valence-corrected chi connectivity index (χ4v) is 2.81. The van der Waals surface area contributed by atoms with E-state index in [1.165, 1.54) is 0 Å². The third-order valence-corrected chi connectivity index (χ3v) is 3.77. The molecule has 1 aromatic carbocycles. The monoisotopic (exact) mass is 395 g/mol. The molecule has 1 atom stereocenters. The maximum atomic E-state index is 9.91. The molecule has 0 spiro atoms. The average molecular weight is 397 g/mol. The Balaban J connectivity index is 2.42. The van der Waals surface area contributed by atoms with E-state index in [0.717, 1.165) is 15.5 Å². The number of halogens is 2. The van der Waals surface area contributed by atoms with Crippen LogP contribution in [0.4, 0.5) is 0 Å². The molecule has 0 aliphatic carbocycles. The molecule has 108 valence electrons. The molecule has 0 amide bonds. The van der Waals surface area contributed by atoms with Crippen molar-refractivity contribution in [3.8, 4) is 5.75 Å². The van der Waals surface area contributed by atoms with Gasteiger partial charge in [-0.15, -0.1) is 0 Å². The van der Waals surface area contributed by atoms with Crippen LogP contribution < -0.4 is 4.74 Å². The summed E-state index contributed by atoms with van der Waals surface area (Å²) in [5.74, 6) is 0.701. The van der Waals surface area contributed by atoms with E-state index in [0.29, 0.717) is 18.8 Å². The van der Waals surface area contributed by atoms with Crippen LogP contribution in [-0.4, -0.2) is 54.1 Å². The Labute approximate surface area is 130 Å². The van der Waals surface area contributed by atoms with Crippen molar-refractivity contribution in [3.05, 3.63) is 27.1 Å². The van der Waals surface area contributed by atoms with Crippen molar-refractivity contribution in [1.82, 2.24) is 4.90 Å². The molecule has 1 aromatic rings. The number of ether oxygens (including phenoxy) is 1. The second-order valence-corrected chi connectivity index (χ2v) is 5.93. The second-order valence-electron chi connectivity index (χ2n) is 4.16. The average Bonchev–Trinajstić information content (AvgIpc) is 2.37. The van der Waals surface area contributed by atoms with Gasteiger partial charge < -0.3 is 14.9 Å². The van der Waals surface area contributed by atoms with E-state index >= 15 is 0 Å². The van der Waals surface area contributed by atoms with Crippen LogP contribution in [0.25, 0.3) is 0 Å². The zero-order valence-corrected chi connectivity index (χ0v) is 14.0. The molecule has 2 N–H and O–H groups in total. The lowest BCUT2D eigenvalue weighted by Gasteiger charge is -2.22. The highest BCUT2D eigenvalue weighted by atomic mass is 79.9. The highest BCUT2D eigenvalue weighted by molar-refractivity contribution is 9.11. The van der Waals surface area contributed by atoms with Crippen LogP contribution in [0.1, 0.15) is 6.92 Å². The van der Waals surface area contributed by atoms with Gasteiger partial charge in [0.15, 0.2) is 0 Å². The Bertz CT molecular complexity index is 390. The number of hydrogen-bond donors (Lipinski definition) is 2. The predicted molar refractivity (Wildman–Crippen MR) is 82.5 cm³/mol. The van der Waals surface area contributed by atoms with Crippen LogP contribution in [0, 0.1) is 0 Å². The first-order chi connectivity index (χ1) is 9.06. The lowest BCUT2D eigenvalue weighted by molar-refractivity contribution is 0.0636. The first kappa shape index (κ1) is 16.9. The summed E-state index contributed by atoms with van der Waals surface area (Å²) in [7, 11) is 0. The van der Waals surface area contributed by atoms with Gasteiger partial charge in [-0.25, -0.2) is 0 Å². The third kappa shape index (κ3) is 6.23. The zero-order valence-electron chi connectivity index (χ0n) is 10.9. The van der Waals surface area contributed by atoms with E-state index in [1.807, 2.05) is 30.0 Å². The minimum absolute atomic E-state index is 0.0969. The van der Waals surface area contributed by atoms with Gasteiger partial charge in [-0.3, -0.25) is 4.90 Å². The summed E-state index contributed by atoms with van der Waals surface area (Å²) < 4.78 is 7.38. The number of hydrogen-bond acceptors (Lipinski definition) is 4. The molecule has 4 nitrogen and oxygen atoms in total. The maximum absolute atomic E-state index is 9.91. The fraction of sp³-hybridized carbons (Fsp3) is 0.538. The Morgan fingerprint density at radius 1 is 1.37 bits per heavy atom. The Kier molecular flexibility index (Phi) is 7.94. The van der Waals surface area contributed by atoms with E-state index in [4.69, 9.17) is 9.84 Å². The summed E-state index contributed by atoms with van der Waals surface area (Å²) in [6, 6.07) is 5.62. The van der Waals surface area contributed by atoms with Gasteiger partial charge in [0, 0.05) is 17.6 Å². The van der Waals surface area contributed by atoms with E-state index in [1.54, 1.807) is 0 Å². The minimum atomic E-state index is -0.581. The highest BCUT2D eigenvalue weighted by Crippen LogP contribution is 2.28. The molecule has 0 bridgehead atoms. The lowest BCUT2D eigenvalue weighted by atomic mass is 10.3. The molecule has 0 aromatic heterocycles. The van der Waals surface area contributed by atoms with Crippen molar-refractivity contribution in [2.45, 2.75) is 13.0 Å². The number of aliphatic hydroxyl groups is 2. The van der Waals surface area contributed by atoms with Crippen LogP contribution in [-0.2, 0) is 0 Å². The number of nitrogens with zero attached hydrogens (tertiary/aromatic N) is 1. The molecule has 0 radical (unpaired) electrons. The predicted octanol–water partition coefficient (Wildman–Crippen LogP) is 2.27. The van der Waals surface area contributed by atoms with Gasteiger partial charge in [-0.1, -0.05) is 22.9 Å². The van der Waals surface area contributed by atoms with Crippen LogP contribution in [0.3, 0.4) is 0 Å². The molecule has 19 heavy (non-hydrogen) atoms. The molecule has 0 saturated carbocycles. The standard InChI is InChI=1S/C13H19Br2NO3/c1-2-16(5-6-17)8-11(18)9-19-13-4-3-10(14)7-12(13)15/h3-4,7,11,17-18H,2,5-6,8-9H2,1H3. The number of aliphatic hydroxyl groups excluding tert-OH is 2. The van der Waals surface area contributed by atoms with Crippen LogP contribution >= 0.6 is 31.9 Å². The fourth-order valence-electron chi connectivity index (χ4n) is 1.65. The van der Waals surface area contributed by atoms with Gasteiger partial charge in [-0.2, -0.15) is 0 Å². The van der Waals surface area contributed by atoms with Gasteiger partial charge in [-0.05, 0) is 40.7 Å². The van der Waals surface area contributed by atoms with Gasteiger partial charge >= 0.3 is 0 Å². The Morgan fingerprint density at radius 2 is 2.11 bits per heavy atom. The van der Waals surface area contributed by atoms with Crippen LogP contribution in [0.15, 0.2) is 27.1 Å². The Hall–Kier alpha value is -0.140. The summed E-state index contributed by atoms with van der Waals surface area (Å²) >= 11 is 6.78. The number of likely N-dealkylation sites (N-methyl/N-ethyl adjacent to an activating group) is 1. The summed E-state index contributed by atoms with van der Waals surface area (Å²) in [4.78, 5) is 1.98. The molecular formula is C13H19Br2NO3.